The fourth-order valence-corrected chi connectivity index (χ4v) is 4.90. The van der Waals surface area contributed by atoms with Crippen molar-refractivity contribution in [2.24, 2.45) is 0 Å². The fourth-order valence-electron chi connectivity index (χ4n) is 4.90. The predicted octanol–water partition coefficient (Wildman–Crippen LogP) is 9.04. The van der Waals surface area contributed by atoms with Crippen LogP contribution in [0.1, 0.15) is 165 Å². The number of carboxylic acid groups (broad SMARTS) is 1. The second kappa shape index (κ2) is 23.2. The van der Waals surface area contributed by atoms with E-state index in [4.69, 9.17) is 0 Å². The van der Waals surface area contributed by atoms with E-state index >= 15 is 0 Å². The van der Waals surface area contributed by atoms with Crippen molar-refractivity contribution in [3.63, 3.8) is 0 Å². The van der Waals surface area contributed by atoms with E-state index in [1.807, 2.05) is 12.1 Å². The molecule has 0 aromatic carbocycles. The summed E-state index contributed by atoms with van der Waals surface area (Å²) in [7, 11) is 0. The summed E-state index contributed by atoms with van der Waals surface area (Å²) in [6.07, 6.45) is 29.0. The van der Waals surface area contributed by atoms with Gasteiger partial charge in [-0.05, 0) is 37.0 Å². The Bertz CT molecular complexity index is 707. The molecule has 37 heavy (non-hydrogen) atoms. The lowest BCUT2D eigenvalue weighted by atomic mass is 10.0. The summed E-state index contributed by atoms with van der Waals surface area (Å²) in [5.41, 5.74) is 1.41. The molecule has 1 aromatic rings. The topological polar surface area (TPSA) is 79.3 Å². The molecule has 0 aliphatic heterocycles. The molecule has 1 amide bonds. The number of rotatable bonds is 25. The Morgan fingerprint density at radius 2 is 1.19 bits per heavy atom. The van der Waals surface area contributed by atoms with Crippen LogP contribution in [0, 0.1) is 0 Å². The zero-order valence-corrected chi connectivity index (χ0v) is 24.1. The lowest BCUT2D eigenvalue weighted by molar-refractivity contribution is -0.139. The minimum Gasteiger partial charge on any atom is -0.480 e. The number of carboxylic acids is 1. The van der Waals surface area contributed by atoms with Gasteiger partial charge < -0.3 is 10.4 Å². The average Bonchev–Trinajstić information content (AvgIpc) is 2.90. The molecule has 0 aliphatic rings. The minimum atomic E-state index is -0.982. The highest BCUT2D eigenvalue weighted by Crippen LogP contribution is 2.15. The van der Waals surface area contributed by atoms with Crippen LogP contribution in [-0.4, -0.2) is 28.0 Å². The zero-order chi connectivity index (χ0) is 27.0. The number of pyridine rings is 1. The van der Waals surface area contributed by atoms with Gasteiger partial charge in [-0.3, -0.25) is 9.78 Å². The van der Waals surface area contributed by atoms with Crippen LogP contribution >= 0.6 is 0 Å². The third-order valence-corrected chi connectivity index (χ3v) is 7.33. The molecule has 1 unspecified atom stereocenters. The first-order chi connectivity index (χ1) is 18.1. The summed E-state index contributed by atoms with van der Waals surface area (Å²) in [4.78, 5) is 28.2. The van der Waals surface area contributed by atoms with Crippen LogP contribution < -0.4 is 5.32 Å². The number of carbonyl (C=O) groups is 2. The molecule has 5 heteroatoms. The summed E-state index contributed by atoms with van der Waals surface area (Å²) in [5, 5.41) is 12.0. The zero-order valence-electron chi connectivity index (χ0n) is 24.1. The summed E-state index contributed by atoms with van der Waals surface area (Å²) in [5.74, 6) is -1.38. The quantitative estimate of drug-likeness (QED) is 0.127. The van der Waals surface area contributed by atoms with E-state index in [9.17, 15) is 14.7 Å². The van der Waals surface area contributed by atoms with Crippen molar-refractivity contribution < 1.29 is 14.7 Å². The molecular weight excluding hydrogens is 460 g/mol. The maximum absolute atomic E-state index is 12.5. The van der Waals surface area contributed by atoms with Gasteiger partial charge in [0.05, 0.1) is 0 Å². The molecule has 1 atom stereocenters. The van der Waals surface area contributed by atoms with Crippen molar-refractivity contribution in [3.8, 4) is 0 Å². The Morgan fingerprint density at radius 1 is 0.730 bits per heavy atom. The van der Waals surface area contributed by atoms with Crippen molar-refractivity contribution in [1.29, 1.82) is 0 Å². The van der Waals surface area contributed by atoms with Crippen molar-refractivity contribution in [2.75, 3.05) is 0 Å². The number of aryl methyl sites for hydroxylation is 1. The monoisotopic (exact) mass is 516 g/mol. The van der Waals surface area contributed by atoms with Gasteiger partial charge >= 0.3 is 5.97 Å². The van der Waals surface area contributed by atoms with E-state index in [0.717, 1.165) is 37.7 Å². The maximum atomic E-state index is 12.5. The third kappa shape index (κ3) is 18.1. The van der Waals surface area contributed by atoms with E-state index < -0.39 is 17.9 Å². The predicted molar refractivity (Wildman–Crippen MR) is 155 cm³/mol. The number of aliphatic carboxylic acids is 1. The molecule has 212 valence electrons. The highest BCUT2D eigenvalue weighted by atomic mass is 16.4. The standard InChI is InChI=1S/C32H56N2O3/c1-3-5-7-8-9-10-11-12-13-14-15-16-17-18-19-20-22-23-28-25-26-33-30(27-28)31(35)34-29(32(36)37)24-21-6-4-2/h25-27,29H,3-24H2,1-2H3,(H,34,35)(H,36,37). The van der Waals surface area contributed by atoms with E-state index in [1.54, 1.807) is 6.20 Å². The third-order valence-electron chi connectivity index (χ3n) is 7.33. The molecule has 0 radical (unpaired) electrons. The average molecular weight is 517 g/mol. The Kier molecular flexibility index (Phi) is 20.8. The first-order valence-electron chi connectivity index (χ1n) is 15.6. The van der Waals surface area contributed by atoms with Crippen molar-refractivity contribution in [2.45, 2.75) is 161 Å². The van der Waals surface area contributed by atoms with E-state index in [0.29, 0.717) is 12.1 Å². The lowest BCUT2D eigenvalue weighted by Gasteiger charge is -2.14. The Balaban J connectivity index is 2.07. The van der Waals surface area contributed by atoms with E-state index in [2.05, 4.69) is 24.1 Å². The number of unbranched alkanes of at least 4 members (excludes halogenated alkanes) is 18. The number of nitrogens with one attached hydrogen (secondary N) is 1. The normalized spacial score (nSPS) is 11.9. The molecule has 1 rings (SSSR count). The fraction of sp³-hybridized carbons (Fsp3) is 0.781. The smallest absolute Gasteiger partial charge is 0.326 e. The first-order valence-corrected chi connectivity index (χ1v) is 15.6. The molecule has 0 spiro atoms. The summed E-state index contributed by atoms with van der Waals surface area (Å²) in [6, 6.07) is 2.92. The van der Waals surface area contributed by atoms with Crippen LogP contribution in [-0.2, 0) is 11.2 Å². The Hall–Kier alpha value is -1.91. The summed E-state index contributed by atoms with van der Waals surface area (Å²) in [6.45, 7) is 4.35. The Labute approximate surface area is 227 Å². The lowest BCUT2D eigenvalue weighted by Crippen LogP contribution is -2.41. The van der Waals surface area contributed by atoms with Gasteiger partial charge in [0.2, 0.25) is 0 Å². The van der Waals surface area contributed by atoms with Crippen molar-refractivity contribution in [3.05, 3.63) is 29.6 Å². The van der Waals surface area contributed by atoms with Crippen LogP contribution in [0.2, 0.25) is 0 Å². The molecule has 2 N–H and O–H groups in total. The van der Waals surface area contributed by atoms with Crippen LogP contribution in [0.4, 0.5) is 0 Å². The molecule has 5 nitrogen and oxygen atoms in total. The Morgan fingerprint density at radius 3 is 1.68 bits per heavy atom. The number of amides is 1. The number of hydrogen-bond acceptors (Lipinski definition) is 3. The van der Waals surface area contributed by atoms with Gasteiger partial charge in [0.15, 0.2) is 0 Å². The van der Waals surface area contributed by atoms with Gasteiger partial charge in [0.1, 0.15) is 11.7 Å². The van der Waals surface area contributed by atoms with Crippen LogP contribution in [0.25, 0.3) is 0 Å². The molecule has 1 heterocycles. The first kappa shape index (κ1) is 33.1. The molecule has 1 aromatic heterocycles. The van der Waals surface area contributed by atoms with Gasteiger partial charge in [-0.2, -0.15) is 0 Å². The molecule has 0 bridgehead atoms. The molecule has 0 saturated heterocycles. The molecule has 0 fully saturated rings. The molecule has 0 aliphatic carbocycles. The van der Waals surface area contributed by atoms with Gasteiger partial charge in [-0.25, -0.2) is 4.79 Å². The SMILES string of the molecule is CCCCCCCCCCCCCCCCCCCc1ccnc(C(=O)NC(CCCCC)C(=O)O)c1. The number of carbonyl (C=O) groups excluding carboxylic acids is 1. The second-order valence-corrected chi connectivity index (χ2v) is 10.8. The van der Waals surface area contributed by atoms with Gasteiger partial charge in [0.25, 0.3) is 5.91 Å². The second-order valence-electron chi connectivity index (χ2n) is 10.8. The van der Waals surface area contributed by atoms with Crippen molar-refractivity contribution >= 4 is 11.9 Å². The number of hydrogen-bond donors (Lipinski definition) is 2. The van der Waals surface area contributed by atoms with Crippen LogP contribution in [0.3, 0.4) is 0 Å². The van der Waals surface area contributed by atoms with Crippen LogP contribution in [0.15, 0.2) is 18.3 Å². The highest BCUT2D eigenvalue weighted by molar-refractivity contribution is 5.95. The van der Waals surface area contributed by atoms with Gasteiger partial charge in [-0.15, -0.1) is 0 Å². The van der Waals surface area contributed by atoms with Crippen LogP contribution in [0.5, 0.6) is 0 Å². The van der Waals surface area contributed by atoms with E-state index in [1.165, 1.54) is 103 Å². The van der Waals surface area contributed by atoms with E-state index in [-0.39, 0.29) is 0 Å². The highest BCUT2D eigenvalue weighted by Gasteiger charge is 2.20. The summed E-state index contributed by atoms with van der Waals surface area (Å²) >= 11 is 0. The molecular formula is C32H56N2O3. The number of aromatic nitrogens is 1. The maximum Gasteiger partial charge on any atom is 0.326 e. The largest absolute Gasteiger partial charge is 0.480 e. The summed E-state index contributed by atoms with van der Waals surface area (Å²) < 4.78 is 0. The van der Waals surface area contributed by atoms with Gasteiger partial charge in [0, 0.05) is 6.20 Å². The molecule has 0 saturated carbocycles. The number of nitrogens with zero attached hydrogens (tertiary/aromatic N) is 1. The minimum absolute atomic E-state index is 0.311. The van der Waals surface area contributed by atoms with Crippen molar-refractivity contribution in [1.82, 2.24) is 10.3 Å². The van der Waals surface area contributed by atoms with Gasteiger partial charge in [-0.1, -0.05) is 136 Å².